The van der Waals surface area contributed by atoms with Crippen LogP contribution in [0.4, 0.5) is 0 Å². The van der Waals surface area contributed by atoms with E-state index in [0.29, 0.717) is 25.8 Å². The molecule has 0 radical (unpaired) electrons. The molecular weight excluding hydrogens is 504 g/mol. The van der Waals surface area contributed by atoms with Gasteiger partial charge in [-0.15, -0.1) is 0 Å². The highest BCUT2D eigenvalue weighted by molar-refractivity contribution is 5.92. The van der Waals surface area contributed by atoms with Gasteiger partial charge in [-0.1, -0.05) is 48.5 Å². The van der Waals surface area contributed by atoms with Gasteiger partial charge in [0, 0.05) is 51.9 Å². The number of nitrogens with two attached hydrogens (primary N) is 1. The van der Waals surface area contributed by atoms with Crippen LogP contribution in [0.15, 0.2) is 60.7 Å². The van der Waals surface area contributed by atoms with Crippen molar-refractivity contribution in [2.45, 2.75) is 51.1 Å². The van der Waals surface area contributed by atoms with E-state index in [1.165, 1.54) is 0 Å². The average Bonchev–Trinajstić information content (AvgIpc) is 3.34. The first-order chi connectivity index (χ1) is 18.9. The van der Waals surface area contributed by atoms with E-state index in [4.69, 9.17) is 5.73 Å². The molecule has 214 valence electrons. The van der Waals surface area contributed by atoms with Crippen molar-refractivity contribution in [3.8, 4) is 0 Å². The second-order valence-corrected chi connectivity index (χ2v) is 11.8. The fourth-order valence-corrected chi connectivity index (χ4v) is 5.45. The molecule has 1 aliphatic heterocycles. The molecule has 0 bridgehead atoms. The van der Waals surface area contributed by atoms with Gasteiger partial charge in [0.1, 0.15) is 6.04 Å². The lowest BCUT2D eigenvalue weighted by Gasteiger charge is -2.45. The normalized spacial score (nSPS) is 18.5. The summed E-state index contributed by atoms with van der Waals surface area (Å²) in [6, 6.07) is 19.0. The van der Waals surface area contributed by atoms with E-state index in [1.54, 1.807) is 35.8 Å². The molecule has 3 amide bonds. The first-order valence-corrected chi connectivity index (χ1v) is 13.8. The third-order valence-electron chi connectivity index (χ3n) is 7.82. The summed E-state index contributed by atoms with van der Waals surface area (Å²) in [5.74, 6) is -0.648. The van der Waals surface area contributed by atoms with Crippen LogP contribution in [0, 0.1) is 5.41 Å². The fourth-order valence-electron chi connectivity index (χ4n) is 5.45. The van der Waals surface area contributed by atoms with E-state index in [2.05, 4.69) is 10.3 Å². The Morgan fingerprint density at radius 1 is 1.07 bits per heavy atom. The van der Waals surface area contributed by atoms with Crippen molar-refractivity contribution in [2.24, 2.45) is 11.1 Å². The highest BCUT2D eigenvalue weighted by atomic mass is 16.2. The Bertz CT molecular complexity index is 1310. The molecule has 40 heavy (non-hydrogen) atoms. The van der Waals surface area contributed by atoms with E-state index in [0.717, 1.165) is 22.2 Å². The molecule has 2 atom stereocenters. The Balaban J connectivity index is 1.65. The third kappa shape index (κ3) is 6.54. The zero-order chi connectivity index (χ0) is 29.1. The van der Waals surface area contributed by atoms with Crippen molar-refractivity contribution in [2.75, 3.05) is 34.2 Å². The molecule has 9 heteroatoms. The minimum atomic E-state index is -1.15. The number of likely N-dealkylation sites (tertiary alicyclic amines) is 1. The lowest BCUT2D eigenvalue weighted by atomic mass is 9.74. The van der Waals surface area contributed by atoms with E-state index in [1.807, 2.05) is 74.8 Å². The van der Waals surface area contributed by atoms with Gasteiger partial charge in [0.2, 0.25) is 17.7 Å². The maximum absolute atomic E-state index is 14.2. The minimum Gasteiger partial charge on any atom is -0.358 e. The Morgan fingerprint density at radius 2 is 1.75 bits per heavy atom. The van der Waals surface area contributed by atoms with Gasteiger partial charge in [0.25, 0.3) is 0 Å². The van der Waals surface area contributed by atoms with Gasteiger partial charge in [-0.2, -0.15) is 0 Å². The first kappa shape index (κ1) is 29.3. The Labute approximate surface area is 236 Å². The molecule has 3 aromatic rings. The molecule has 4 rings (SSSR count). The zero-order valence-corrected chi connectivity index (χ0v) is 24.2. The Morgan fingerprint density at radius 3 is 2.40 bits per heavy atom. The molecule has 9 nitrogen and oxygen atoms in total. The van der Waals surface area contributed by atoms with Crippen LogP contribution < -0.4 is 11.1 Å². The predicted molar refractivity (Wildman–Crippen MR) is 157 cm³/mol. The second-order valence-electron chi connectivity index (χ2n) is 11.8. The van der Waals surface area contributed by atoms with Crippen molar-refractivity contribution in [3.63, 3.8) is 0 Å². The number of H-pyrrole nitrogens is 1. The molecule has 0 spiro atoms. The summed E-state index contributed by atoms with van der Waals surface area (Å²) in [5, 5.41) is 7.33. The number of fused-ring (bicyclic) bond motifs is 1. The number of carbonyl (C=O) groups excluding carboxylic acids is 3. The third-order valence-corrected chi connectivity index (χ3v) is 7.82. The van der Waals surface area contributed by atoms with Crippen LogP contribution in [-0.4, -0.2) is 83.4 Å². The van der Waals surface area contributed by atoms with Crippen LogP contribution in [0.2, 0.25) is 0 Å². The number of aromatic amines is 1. The maximum Gasteiger partial charge on any atom is 0.245 e. The number of rotatable bonds is 9. The van der Waals surface area contributed by atoms with Gasteiger partial charge >= 0.3 is 0 Å². The molecule has 1 fully saturated rings. The first-order valence-electron chi connectivity index (χ1n) is 13.8. The topological polar surface area (TPSA) is 115 Å². The average molecular weight is 547 g/mol. The summed E-state index contributed by atoms with van der Waals surface area (Å²) in [6.45, 7) is 4.02. The lowest BCUT2D eigenvalue weighted by Crippen LogP contribution is -2.61. The Hall–Kier alpha value is -3.69. The van der Waals surface area contributed by atoms with Gasteiger partial charge in [-0.25, -0.2) is 5.01 Å². The number of carbonyl (C=O) groups is 3. The van der Waals surface area contributed by atoms with Gasteiger partial charge < -0.3 is 20.9 Å². The van der Waals surface area contributed by atoms with Crippen LogP contribution in [0.25, 0.3) is 10.9 Å². The lowest BCUT2D eigenvalue weighted by molar-refractivity contribution is -0.159. The number of hydrazine groups is 1. The number of para-hydroxylation sites is 1. The van der Waals surface area contributed by atoms with Crippen LogP contribution in [0.5, 0.6) is 0 Å². The number of hydrogen-bond donors (Lipinski definition) is 3. The van der Waals surface area contributed by atoms with Crippen molar-refractivity contribution in [3.05, 3.63) is 71.9 Å². The van der Waals surface area contributed by atoms with E-state index in [-0.39, 0.29) is 24.8 Å². The monoisotopic (exact) mass is 546 g/mol. The van der Waals surface area contributed by atoms with Crippen LogP contribution in [0.3, 0.4) is 0 Å². The molecule has 1 aliphatic rings. The van der Waals surface area contributed by atoms with E-state index >= 15 is 0 Å². The minimum absolute atomic E-state index is 0.0295. The number of nitrogens with one attached hydrogen (secondary N) is 2. The number of aromatic nitrogens is 1. The largest absolute Gasteiger partial charge is 0.358 e. The quantitative estimate of drug-likeness (QED) is 0.357. The fraction of sp³-hybridized carbons (Fsp3) is 0.452. The zero-order valence-electron chi connectivity index (χ0n) is 24.2. The Kier molecular flexibility index (Phi) is 8.65. The molecule has 1 unspecified atom stereocenters. The van der Waals surface area contributed by atoms with E-state index in [9.17, 15) is 14.4 Å². The molecule has 1 aromatic heterocycles. The summed E-state index contributed by atoms with van der Waals surface area (Å²) in [5.41, 5.74) is 7.00. The number of amides is 3. The van der Waals surface area contributed by atoms with Gasteiger partial charge in [0.05, 0.1) is 11.0 Å². The molecule has 2 aromatic carbocycles. The molecule has 1 saturated heterocycles. The SMILES string of the molecule is CN(C)N(C)C(=O)C1(Cc2ccccc2)CCCN(C(=O)[C@@H](Cc2cc3ccccc3[nH]2)NC(=O)C(C)(C)N)C1. The standard InChI is InChI=1S/C31H42N6O3/c1-30(2,32)28(39)34-26(19-24-18-23-14-9-10-15-25(23)33-24)27(38)37-17-11-16-31(21-37,29(40)36(5)35(3)4)20-22-12-7-6-8-13-22/h6-10,12-15,18,26,33H,11,16-17,19-21,32H2,1-5H3,(H,34,39)/t26-,31?/m1/s1. The number of hydrogen-bond acceptors (Lipinski definition) is 5. The highest BCUT2D eigenvalue weighted by Gasteiger charge is 2.46. The van der Waals surface area contributed by atoms with Crippen molar-refractivity contribution < 1.29 is 14.4 Å². The predicted octanol–water partition coefficient (Wildman–Crippen LogP) is 2.72. The van der Waals surface area contributed by atoms with Crippen LogP contribution in [0.1, 0.15) is 37.9 Å². The van der Waals surface area contributed by atoms with Crippen molar-refractivity contribution in [1.29, 1.82) is 0 Å². The second kappa shape index (κ2) is 11.8. The summed E-state index contributed by atoms with van der Waals surface area (Å²) in [7, 11) is 5.43. The molecule has 4 N–H and O–H groups in total. The van der Waals surface area contributed by atoms with E-state index < -0.39 is 22.9 Å². The molecule has 2 heterocycles. The van der Waals surface area contributed by atoms with Gasteiger partial charge in [-0.3, -0.25) is 19.4 Å². The molecule has 0 aliphatic carbocycles. The summed E-state index contributed by atoms with van der Waals surface area (Å²) in [4.78, 5) is 46.2. The van der Waals surface area contributed by atoms with Gasteiger partial charge in [-0.05, 0) is 56.2 Å². The van der Waals surface area contributed by atoms with Crippen LogP contribution >= 0.6 is 0 Å². The van der Waals surface area contributed by atoms with Gasteiger partial charge in [0.15, 0.2) is 0 Å². The summed E-state index contributed by atoms with van der Waals surface area (Å²) >= 11 is 0. The summed E-state index contributed by atoms with van der Waals surface area (Å²) in [6.07, 6.45) is 2.14. The maximum atomic E-state index is 14.2. The summed E-state index contributed by atoms with van der Waals surface area (Å²) < 4.78 is 0. The molecular formula is C31H42N6O3. The molecule has 0 saturated carbocycles. The number of piperidine rings is 1. The van der Waals surface area contributed by atoms with Crippen molar-refractivity contribution in [1.82, 2.24) is 25.2 Å². The highest BCUT2D eigenvalue weighted by Crippen LogP contribution is 2.36. The number of benzene rings is 2. The number of nitrogens with zero attached hydrogens (tertiary/aromatic N) is 3. The smallest absolute Gasteiger partial charge is 0.245 e. The van der Waals surface area contributed by atoms with Crippen LogP contribution in [-0.2, 0) is 27.2 Å². The van der Waals surface area contributed by atoms with Crippen molar-refractivity contribution >= 4 is 28.6 Å².